The van der Waals surface area contributed by atoms with Crippen LogP contribution in [-0.4, -0.2) is 15.1 Å². The lowest BCUT2D eigenvalue weighted by molar-refractivity contribution is 0.173. The topological polar surface area (TPSA) is 46.0 Å². The maximum atomic E-state index is 13.0. The Morgan fingerprint density at radius 2 is 1.89 bits per heavy atom. The Kier molecular flexibility index (Phi) is 3.62. The fourth-order valence-electron chi connectivity index (χ4n) is 1.72. The van der Waals surface area contributed by atoms with Gasteiger partial charge < -0.3 is 5.11 Å². The van der Waals surface area contributed by atoms with Crippen molar-refractivity contribution in [3.8, 4) is 0 Å². The summed E-state index contributed by atoms with van der Waals surface area (Å²) in [6, 6.07) is 4.76. The lowest BCUT2D eigenvalue weighted by atomic mass is 10.1. The van der Waals surface area contributed by atoms with Gasteiger partial charge in [-0.25, -0.2) is 18.7 Å². The van der Waals surface area contributed by atoms with Crippen molar-refractivity contribution in [2.45, 2.75) is 19.4 Å². The van der Waals surface area contributed by atoms with Crippen molar-refractivity contribution in [3.63, 3.8) is 0 Å². The van der Waals surface area contributed by atoms with Crippen molar-refractivity contribution in [1.82, 2.24) is 9.97 Å². The van der Waals surface area contributed by atoms with Gasteiger partial charge in [0, 0.05) is 18.7 Å². The number of hydrogen-bond donors (Lipinski definition) is 1. The van der Waals surface area contributed by atoms with Crippen molar-refractivity contribution in [2.24, 2.45) is 0 Å². The van der Waals surface area contributed by atoms with Crippen molar-refractivity contribution >= 4 is 0 Å². The summed E-state index contributed by atoms with van der Waals surface area (Å²) in [6.07, 6.45) is 0.728. The molecule has 94 valence electrons. The molecule has 0 spiro atoms. The zero-order valence-corrected chi connectivity index (χ0v) is 9.77. The summed E-state index contributed by atoms with van der Waals surface area (Å²) in [6.45, 7) is 1.71. The first kappa shape index (κ1) is 12.6. The predicted octanol–water partition coefficient (Wildman–Crippen LogP) is 2.34. The van der Waals surface area contributed by atoms with Gasteiger partial charge in [0.1, 0.15) is 23.6 Å². The number of benzene rings is 1. The van der Waals surface area contributed by atoms with E-state index in [0.717, 1.165) is 6.07 Å². The minimum absolute atomic E-state index is 0.102. The minimum Gasteiger partial charge on any atom is -0.386 e. The molecule has 0 fully saturated rings. The van der Waals surface area contributed by atoms with Gasteiger partial charge in [0.05, 0.1) is 5.69 Å². The third-order valence-corrected chi connectivity index (χ3v) is 2.49. The third-order valence-electron chi connectivity index (χ3n) is 2.49. The Balaban J connectivity index is 2.18. The van der Waals surface area contributed by atoms with E-state index in [0.29, 0.717) is 17.1 Å². The van der Waals surface area contributed by atoms with E-state index in [1.54, 1.807) is 13.0 Å². The average molecular weight is 250 g/mol. The summed E-state index contributed by atoms with van der Waals surface area (Å²) >= 11 is 0. The van der Waals surface area contributed by atoms with Crippen LogP contribution in [0.2, 0.25) is 0 Å². The molecule has 0 saturated carbocycles. The van der Waals surface area contributed by atoms with Gasteiger partial charge in [0.15, 0.2) is 0 Å². The molecule has 1 unspecified atom stereocenters. The second-order valence-electron chi connectivity index (χ2n) is 4.03. The Labute approximate surface area is 103 Å². The van der Waals surface area contributed by atoms with E-state index in [2.05, 4.69) is 9.97 Å². The number of aliphatic hydroxyl groups excluding tert-OH is 1. The van der Waals surface area contributed by atoms with Crippen LogP contribution in [0.3, 0.4) is 0 Å². The molecule has 1 atom stereocenters. The molecule has 1 aromatic carbocycles. The highest BCUT2D eigenvalue weighted by atomic mass is 19.1. The van der Waals surface area contributed by atoms with E-state index in [4.69, 9.17) is 0 Å². The molecule has 0 aliphatic heterocycles. The van der Waals surface area contributed by atoms with Gasteiger partial charge in [-0.2, -0.15) is 0 Å². The number of aryl methyl sites for hydroxylation is 1. The zero-order chi connectivity index (χ0) is 13.1. The maximum absolute atomic E-state index is 13.0. The van der Waals surface area contributed by atoms with Crippen LogP contribution >= 0.6 is 0 Å². The van der Waals surface area contributed by atoms with Gasteiger partial charge in [-0.1, -0.05) is 0 Å². The second-order valence-corrected chi connectivity index (χ2v) is 4.03. The Bertz CT molecular complexity index is 540. The molecule has 0 saturated heterocycles. The van der Waals surface area contributed by atoms with Gasteiger partial charge in [0.25, 0.3) is 0 Å². The van der Waals surface area contributed by atoms with Gasteiger partial charge in [-0.15, -0.1) is 0 Å². The Morgan fingerprint density at radius 3 is 2.50 bits per heavy atom. The first-order chi connectivity index (χ1) is 8.54. The van der Waals surface area contributed by atoms with Crippen molar-refractivity contribution in [2.75, 3.05) is 0 Å². The summed E-state index contributed by atoms with van der Waals surface area (Å²) < 4.78 is 26.0. The van der Waals surface area contributed by atoms with Gasteiger partial charge in [0.2, 0.25) is 0 Å². The monoisotopic (exact) mass is 250 g/mol. The van der Waals surface area contributed by atoms with Crippen LogP contribution in [-0.2, 0) is 6.42 Å². The molecule has 18 heavy (non-hydrogen) atoms. The SMILES string of the molecule is Cc1nccc(C(O)Cc2cc(F)cc(F)c2)n1. The highest BCUT2D eigenvalue weighted by Gasteiger charge is 2.12. The van der Waals surface area contributed by atoms with E-state index in [1.807, 2.05) is 0 Å². The van der Waals surface area contributed by atoms with Crippen LogP contribution in [0.15, 0.2) is 30.5 Å². The van der Waals surface area contributed by atoms with E-state index in [1.165, 1.54) is 18.3 Å². The van der Waals surface area contributed by atoms with Gasteiger partial charge in [-0.05, 0) is 30.7 Å². The molecule has 1 aromatic heterocycles. The second kappa shape index (κ2) is 5.18. The summed E-state index contributed by atoms with van der Waals surface area (Å²) in [7, 11) is 0. The van der Waals surface area contributed by atoms with Crippen LogP contribution in [0.1, 0.15) is 23.2 Å². The third kappa shape index (κ3) is 3.07. The molecule has 5 heteroatoms. The van der Waals surface area contributed by atoms with Crippen LogP contribution in [0, 0.1) is 18.6 Å². The smallest absolute Gasteiger partial charge is 0.126 e. The van der Waals surface area contributed by atoms with Crippen LogP contribution < -0.4 is 0 Å². The summed E-state index contributed by atoms with van der Waals surface area (Å²) in [5.74, 6) is -0.774. The molecule has 3 nitrogen and oxygen atoms in total. The molecule has 0 radical (unpaired) electrons. The van der Waals surface area contributed by atoms with E-state index < -0.39 is 17.7 Å². The zero-order valence-electron chi connectivity index (χ0n) is 9.77. The van der Waals surface area contributed by atoms with E-state index >= 15 is 0 Å². The van der Waals surface area contributed by atoms with Crippen LogP contribution in [0.25, 0.3) is 0 Å². The molecular formula is C13H12F2N2O. The predicted molar refractivity (Wildman–Crippen MR) is 61.8 cm³/mol. The Morgan fingerprint density at radius 1 is 1.22 bits per heavy atom. The first-order valence-corrected chi connectivity index (χ1v) is 5.47. The lowest BCUT2D eigenvalue weighted by Crippen LogP contribution is -2.06. The summed E-state index contributed by atoms with van der Waals surface area (Å²) in [5, 5.41) is 9.94. The maximum Gasteiger partial charge on any atom is 0.126 e. The number of aromatic nitrogens is 2. The fraction of sp³-hybridized carbons (Fsp3) is 0.231. The van der Waals surface area contributed by atoms with Crippen LogP contribution in [0.4, 0.5) is 8.78 Å². The number of nitrogens with zero attached hydrogens (tertiary/aromatic N) is 2. The number of hydrogen-bond acceptors (Lipinski definition) is 3. The molecular weight excluding hydrogens is 238 g/mol. The number of halogens is 2. The molecule has 2 rings (SSSR count). The number of rotatable bonds is 3. The molecule has 1 N–H and O–H groups in total. The van der Waals surface area contributed by atoms with E-state index in [-0.39, 0.29) is 6.42 Å². The first-order valence-electron chi connectivity index (χ1n) is 5.47. The molecule has 0 amide bonds. The molecule has 2 aromatic rings. The van der Waals surface area contributed by atoms with E-state index in [9.17, 15) is 13.9 Å². The molecule has 0 bridgehead atoms. The fourth-order valence-corrected chi connectivity index (χ4v) is 1.72. The highest BCUT2D eigenvalue weighted by molar-refractivity contribution is 5.20. The van der Waals surface area contributed by atoms with Crippen LogP contribution in [0.5, 0.6) is 0 Å². The summed E-state index contributed by atoms with van der Waals surface area (Å²) in [5.41, 5.74) is 0.823. The molecule has 1 heterocycles. The quantitative estimate of drug-likeness (QED) is 0.909. The number of aliphatic hydroxyl groups is 1. The largest absolute Gasteiger partial charge is 0.386 e. The Hall–Kier alpha value is -1.88. The lowest BCUT2D eigenvalue weighted by Gasteiger charge is -2.10. The molecule has 0 aliphatic carbocycles. The normalized spacial score (nSPS) is 12.4. The standard InChI is InChI=1S/C13H12F2N2O/c1-8-16-3-2-12(17-8)13(18)6-9-4-10(14)7-11(15)5-9/h2-5,7,13,18H,6H2,1H3. The average Bonchev–Trinajstić information content (AvgIpc) is 2.27. The highest BCUT2D eigenvalue weighted by Crippen LogP contribution is 2.18. The van der Waals surface area contributed by atoms with Crippen molar-refractivity contribution in [1.29, 1.82) is 0 Å². The minimum atomic E-state index is -0.909. The molecule has 0 aliphatic rings. The van der Waals surface area contributed by atoms with Crippen molar-refractivity contribution < 1.29 is 13.9 Å². The van der Waals surface area contributed by atoms with Gasteiger partial charge >= 0.3 is 0 Å². The summed E-state index contributed by atoms with van der Waals surface area (Å²) in [4.78, 5) is 7.98. The van der Waals surface area contributed by atoms with Crippen molar-refractivity contribution in [3.05, 3.63) is 59.2 Å². The van der Waals surface area contributed by atoms with Gasteiger partial charge in [-0.3, -0.25) is 0 Å².